The van der Waals surface area contributed by atoms with E-state index >= 15 is 0 Å². The van der Waals surface area contributed by atoms with E-state index in [0.717, 1.165) is 4.57 Å². The predicted octanol–water partition coefficient (Wildman–Crippen LogP) is -0.959. The average molecular weight is 354 g/mol. The highest BCUT2D eigenvalue weighted by molar-refractivity contribution is 7.99. The molecule has 2 heterocycles. The van der Waals surface area contributed by atoms with Crippen molar-refractivity contribution in [1.82, 2.24) is 14.0 Å². The van der Waals surface area contributed by atoms with Crippen LogP contribution in [-0.2, 0) is 29.4 Å². The second-order valence-electron chi connectivity index (χ2n) is 5.92. The number of carbonyl (C=O) groups is 2. The van der Waals surface area contributed by atoms with Crippen LogP contribution in [0.25, 0.3) is 0 Å². The van der Waals surface area contributed by atoms with Crippen LogP contribution in [0, 0.1) is 5.92 Å². The molecule has 0 bridgehead atoms. The van der Waals surface area contributed by atoms with Crippen molar-refractivity contribution < 1.29 is 9.59 Å². The Morgan fingerprint density at radius 2 is 1.83 bits per heavy atom. The molecule has 2 N–H and O–H groups in total. The van der Waals surface area contributed by atoms with E-state index in [0.29, 0.717) is 37.4 Å². The number of piperidine rings is 1. The molecule has 2 amide bonds. The van der Waals surface area contributed by atoms with E-state index in [1.165, 1.54) is 29.4 Å². The van der Waals surface area contributed by atoms with Gasteiger partial charge in [0.15, 0.2) is 0 Å². The summed E-state index contributed by atoms with van der Waals surface area (Å²) in [4.78, 5) is 48.6. The molecular formula is C15H22N4O4S. The Bertz CT molecular complexity index is 747. The number of hydrogen-bond donors (Lipinski definition) is 1. The molecule has 1 aliphatic heterocycles. The van der Waals surface area contributed by atoms with Gasteiger partial charge in [-0.25, -0.2) is 4.79 Å². The van der Waals surface area contributed by atoms with Crippen LogP contribution in [0.3, 0.4) is 0 Å². The van der Waals surface area contributed by atoms with E-state index in [1.807, 2.05) is 0 Å². The molecular weight excluding hydrogens is 332 g/mol. The summed E-state index contributed by atoms with van der Waals surface area (Å²) in [5.74, 6) is 0.229. The van der Waals surface area contributed by atoms with Gasteiger partial charge in [0.1, 0.15) is 0 Å². The van der Waals surface area contributed by atoms with E-state index < -0.39 is 0 Å². The summed E-state index contributed by atoms with van der Waals surface area (Å²) in [5, 5.41) is 0. The number of primary amides is 1. The number of hydrogen-bond acceptors (Lipinski definition) is 5. The van der Waals surface area contributed by atoms with Gasteiger partial charge in [0.2, 0.25) is 11.8 Å². The van der Waals surface area contributed by atoms with Crippen LogP contribution in [0.2, 0.25) is 0 Å². The van der Waals surface area contributed by atoms with Crippen LogP contribution >= 0.6 is 11.8 Å². The Balaban J connectivity index is 1.87. The van der Waals surface area contributed by atoms with Gasteiger partial charge in [0.25, 0.3) is 5.56 Å². The summed E-state index contributed by atoms with van der Waals surface area (Å²) in [6.07, 6.45) is 1.21. The van der Waals surface area contributed by atoms with Crippen LogP contribution in [0.15, 0.2) is 15.7 Å². The largest absolute Gasteiger partial charge is 0.369 e. The first kappa shape index (κ1) is 18.3. The van der Waals surface area contributed by atoms with Crippen molar-refractivity contribution in [3.05, 3.63) is 32.6 Å². The molecule has 0 unspecified atom stereocenters. The number of carbonyl (C=O) groups excluding carboxylic acids is 2. The van der Waals surface area contributed by atoms with Crippen LogP contribution < -0.4 is 17.0 Å². The lowest BCUT2D eigenvalue weighted by Gasteiger charge is -2.30. The molecule has 0 spiro atoms. The van der Waals surface area contributed by atoms with Crippen molar-refractivity contribution in [2.75, 3.05) is 18.8 Å². The molecule has 2 rings (SSSR count). The maximum absolute atomic E-state index is 12.2. The molecule has 0 aliphatic carbocycles. The zero-order valence-electron chi connectivity index (χ0n) is 13.9. The Kier molecular flexibility index (Phi) is 5.87. The van der Waals surface area contributed by atoms with Gasteiger partial charge in [-0.3, -0.25) is 23.5 Å². The molecule has 1 aromatic heterocycles. The average Bonchev–Trinajstić information content (AvgIpc) is 2.57. The Morgan fingerprint density at radius 1 is 1.21 bits per heavy atom. The topological polar surface area (TPSA) is 107 Å². The minimum Gasteiger partial charge on any atom is -0.369 e. The fraction of sp³-hybridized carbons (Fsp3) is 0.600. The Labute approximate surface area is 143 Å². The van der Waals surface area contributed by atoms with Crippen molar-refractivity contribution in [1.29, 1.82) is 0 Å². The Hall–Kier alpha value is -2.03. The summed E-state index contributed by atoms with van der Waals surface area (Å²) in [6.45, 7) is 1.08. The number of likely N-dealkylation sites (tertiary alicyclic amines) is 1. The highest BCUT2D eigenvalue weighted by Gasteiger charge is 2.25. The van der Waals surface area contributed by atoms with Gasteiger partial charge in [-0.2, -0.15) is 0 Å². The summed E-state index contributed by atoms with van der Waals surface area (Å²) in [7, 11) is 3.04. The number of nitrogens with two attached hydrogens (primary N) is 1. The molecule has 1 aromatic rings. The lowest BCUT2D eigenvalue weighted by atomic mass is 9.96. The minimum atomic E-state index is -0.377. The number of aromatic nitrogens is 2. The molecule has 0 aromatic carbocycles. The van der Waals surface area contributed by atoms with Crippen molar-refractivity contribution in [2.24, 2.45) is 25.7 Å². The van der Waals surface area contributed by atoms with Gasteiger partial charge in [0, 0.05) is 50.6 Å². The number of nitrogens with zero attached hydrogens (tertiary/aromatic N) is 3. The third-order valence-electron chi connectivity index (χ3n) is 4.35. The van der Waals surface area contributed by atoms with Gasteiger partial charge < -0.3 is 10.6 Å². The first-order valence-electron chi connectivity index (χ1n) is 7.72. The first-order chi connectivity index (χ1) is 11.3. The maximum atomic E-state index is 12.2. The minimum absolute atomic E-state index is 0.00301. The van der Waals surface area contributed by atoms with E-state index in [4.69, 9.17) is 5.73 Å². The zero-order valence-corrected chi connectivity index (χ0v) is 14.7. The van der Waals surface area contributed by atoms with E-state index in [-0.39, 0.29) is 34.7 Å². The third-order valence-corrected chi connectivity index (χ3v) is 5.30. The maximum Gasteiger partial charge on any atom is 0.330 e. The van der Waals surface area contributed by atoms with Crippen molar-refractivity contribution in [3.63, 3.8) is 0 Å². The lowest BCUT2D eigenvalue weighted by molar-refractivity contribution is -0.132. The lowest BCUT2D eigenvalue weighted by Crippen LogP contribution is -2.42. The molecule has 0 radical (unpaired) electrons. The first-order valence-corrected chi connectivity index (χ1v) is 8.87. The zero-order chi connectivity index (χ0) is 17.9. The molecule has 1 fully saturated rings. The van der Waals surface area contributed by atoms with Crippen molar-refractivity contribution >= 4 is 23.6 Å². The molecule has 1 aliphatic rings. The van der Waals surface area contributed by atoms with Crippen LogP contribution in [0.5, 0.6) is 0 Å². The van der Waals surface area contributed by atoms with Crippen molar-refractivity contribution in [2.45, 2.75) is 18.6 Å². The smallest absolute Gasteiger partial charge is 0.330 e. The third kappa shape index (κ3) is 4.08. The standard InChI is InChI=1S/C15H22N4O4S/c1-17-11(7-12(20)18(2)15(17)23)8-24-9-13(21)19-5-3-10(4-6-19)14(16)22/h7,10H,3-6,8-9H2,1-2H3,(H2,16,22). The van der Waals surface area contributed by atoms with Crippen LogP contribution in [0.1, 0.15) is 18.5 Å². The fourth-order valence-electron chi connectivity index (χ4n) is 2.66. The normalized spacial score (nSPS) is 15.5. The number of rotatable bonds is 5. The summed E-state index contributed by atoms with van der Waals surface area (Å²) < 4.78 is 2.46. The van der Waals surface area contributed by atoms with Gasteiger partial charge in [-0.1, -0.05) is 0 Å². The highest BCUT2D eigenvalue weighted by atomic mass is 32.2. The van der Waals surface area contributed by atoms with E-state index in [2.05, 4.69) is 0 Å². The second kappa shape index (κ2) is 7.69. The molecule has 9 heteroatoms. The molecule has 24 heavy (non-hydrogen) atoms. The number of amides is 2. The van der Waals surface area contributed by atoms with Crippen molar-refractivity contribution in [3.8, 4) is 0 Å². The second-order valence-corrected chi connectivity index (χ2v) is 6.91. The summed E-state index contributed by atoms with van der Waals surface area (Å²) in [5.41, 5.74) is 5.14. The molecule has 132 valence electrons. The summed E-state index contributed by atoms with van der Waals surface area (Å²) >= 11 is 1.36. The summed E-state index contributed by atoms with van der Waals surface area (Å²) in [6, 6.07) is 1.41. The van der Waals surface area contributed by atoms with E-state index in [1.54, 1.807) is 11.9 Å². The van der Waals surface area contributed by atoms with Crippen LogP contribution in [0.4, 0.5) is 0 Å². The monoisotopic (exact) mass is 354 g/mol. The molecule has 0 saturated carbocycles. The molecule has 8 nitrogen and oxygen atoms in total. The molecule has 1 saturated heterocycles. The van der Waals surface area contributed by atoms with Crippen LogP contribution in [-0.4, -0.2) is 44.7 Å². The van der Waals surface area contributed by atoms with Gasteiger partial charge in [-0.15, -0.1) is 11.8 Å². The SMILES string of the molecule is Cn1c(CSCC(=O)N2CCC(C(N)=O)CC2)cc(=O)n(C)c1=O. The number of thioether (sulfide) groups is 1. The predicted molar refractivity (Wildman–Crippen MR) is 91.6 cm³/mol. The van der Waals surface area contributed by atoms with E-state index in [9.17, 15) is 19.2 Å². The quantitative estimate of drug-likeness (QED) is 0.733. The van der Waals surface area contributed by atoms with Gasteiger partial charge in [-0.05, 0) is 12.8 Å². The van der Waals surface area contributed by atoms with Gasteiger partial charge in [0.05, 0.1) is 5.75 Å². The highest BCUT2D eigenvalue weighted by Crippen LogP contribution is 2.18. The van der Waals surface area contributed by atoms with Gasteiger partial charge >= 0.3 is 5.69 Å². The fourth-order valence-corrected chi connectivity index (χ4v) is 3.61. The molecule has 0 atom stereocenters. The Morgan fingerprint density at radius 3 is 2.42 bits per heavy atom.